The van der Waals surface area contributed by atoms with Crippen molar-refractivity contribution in [3.63, 3.8) is 0 Å². The summed E-state index contributed by atoms with van der Waals surface area (Å²) in [6, 6.07) is 0. The van der Waals surface area contributed by atoms with Crippen LogP contribution in [-0.4, -0.2) is 17.4 Å². The average Bonchev–Trinajstić information content (AvgIpc) is 2.65. The summed E-state index contributed by atoms with van der Waals surface area (Å²) >= 11 is 0. The van der Waals surface area contributed by atoms with Crippen LogP contribution in [0, 0.1) is 0 Å². The summed E-state index contributed by atoms with van der Waals surface area (Å²) < 4.78 is 4.77. The number of oxazole rings is 1. The quantitative estimate of drug-likeness (QED) is 0.702. The van der Waals surface area contributed by atoms with E-state index in [2.05, 4.69) is 17.2 Å². The van der Waals surface area contributed by atoms with Gasteiger partial charge in [0, 0.05) is 6.54 Å². The summed E-state index contributed by atoms with van der Waals surface area (Å²) in [6.07, 6.45) is 6.50. The van der Waals surface area contributed by atoms with Crippen molar-refractivity contribution in [2.45, 2.75) is 32.6 Å². The molecule has 0 aliphatic rings. The summed E-state index contributed by atoms with van der Waals surface area (Å²) in [4.78, 5) is 15.2. The van der Waals surface area contributed by atoms with Gasteiger partial charge in [-0.3, -0.25) is 4.79 Å². The number of unbranched alkanes of at least 4 members (excludes halogenated alkanes) is 2. The van der Waals surface area contributed by atoms with Crippen LogP contribution in [0.1, 0.15) is 31.9 Å². The molecule has 0 bridgehead atoms. The molecule has 0 saturated heterocycles. The standard InChI is InChI=1S/C10H16N2O2/c1-2-3-4-5-11-10(13)6-9-7-14-8-12-9/h7-8H,2-6H2,1H3,(H,11,13). The number of aromatic nitrogens is 1. The molecule has 0 aliphatic heterocycles. The average molecular weight is 196 g/mol. The maximum Gasteiger partial charge on any atom is 0.226 e. The Bertz CT molecular complexity index is 257. The maximum absolute atomic E-state index is 11.3. The van der Waals surface area contributed by atoms with E-state index < -0.39 is 0 Å². The summed E-state index contributed by atoms with van der Waals surface area (Å²) in [6.45, 7) is 2.89. The summed E-state index contributed by atoms with van der Waals surface area (Å²) in [7, 11) is 0. The molecular weight excluding hydrogens is 180 g/mol. The summed E-state index contributed by atoms with van der Waals surface area (Å²) in [5, 5.41) is 2.84. The minimum absolute atomic E-state index is 0.00926. The minimum Gasteiger partial charge on any atom is -0.451 e. The lowest BCUT2D eigenvalue weighted by Gasteiger charge is -2.02. The van der Waals surface area contributed by atoms with Gasteiger partial charge in [0.05, 0.1) is 12.1 Å². The van der Waals surface area contributed by atoms with E-state index in [1.54, 1.807) is 0 Å². The Hall–Kier alpha value is -1.32. The molecule has 4 nitrogen and oxygen atoms in total. The number of carbonyl (C=O) groups is 1. The van der Waals surface area contributed by atoms with Gasteiger partial charge >= 0.3 is 0 Å². The molecular formula is C10H16N2O2. The Kier molecular flexibility index (Phi) is 4.75. The van der Waals surface area contributed by atoms with E-state index in [0.29, 0.717) is 12.1 Å². The Morgan fingerprint density at radius 3 is 3.07 bits per heavy atom. The molecule has 4 heteroatoms. The van der Waals surface area contributed by atoms with E-state index in [1.165, 1.54) is 19.1 Å². The molecule has 0 unspecified atom stereocenters. The van der Waals surface area contributed by atoms with Crippen LogP contribution in [0.5, 0.6) is 0 Å². The first kappa shape index (κ1) is 10.8. The van der Waals surface area contributed by atoms with Crippen LogP contribution in [0.2, 0.25) is 0 Å². The topological polar surface area (TPSA) is 55.1 Å². The summed E-state index contributed by atoms with van der Waals surface area (Å²) in [5.41, 5.74) is 0.679. The van der Waals surface area contributed by atoms with E-state index in [0.717, 1.165) is 19.4 Å². The highest BCUT2D eigenvalue weighted by Gasteiger charge is 2.04. The first-order valence-electron chi connectivity index (χ1n) is 4.96. The molecule has 1 amide bonds. The molecule has 0 saturated carbocycles. The zero-order valence-corrected chi connectivity index (χ0v) is 8.45. The lowest BCUT2D eigenvalue weighted by atomic mass is 10.2. The first-order valence-corrected chi connectivity index (χ1v) is 4.96. The van der Waals surface area contributed by atoms with Gasteiger partial charge in [0.2, 0.25) is 5.91 Å². The predicted octanol–water partition coefficient (Wildman–Crippen LogP) is 1.52. The molecule has 14 heavy (non-hydrogen) atoms. The van der Waals surface area contributed by atoms with Crippen LogP contribution < -0.4 is 5.32 Å². The third kappa shape index (κ3) is 4.07. The molecule has 1 rings (SSSR count). The third-order valence-electron chi connectivity index (χ3n) is 1.93. The summed E-state index contributed by atoms with van der Waals surface area (Å²) in [5.74, 6) is 0.00926. The highest BCUT2D eigenvalue weighted by molar-refractivity contribution is 5.77. The molecule has 0 radical (unpaired) electrons. The maximum atomic E-state index is 11.3. The van der Waals surface area contributed by atoms with Gasteiger partial charge < -0.3 is 9.73 Å². The Labute approximate surface area is 83.7 Å². The molecule has 1 aromatic heterocycles. The number of rotatable bonds is 6. The normalized spacial score (nSPS) is 10.1. The fourth-order valence-electron chi connectivity index (χ4n) is 1.15. The zero-order chi connectivity index (χ0) is 10.2. The number of nitrogens with zero attached hydrogens (tertiary/aromatic N) is 1. The highest BCUT2D eigenvalue weighted by atomic mass is 16.3. The van der Waals surface area contributed by atoms with Crippen LogP contribution in [-0.2, 0) is 11.2 Å². The molecule has 0 aromatic carbocycles. The second kappa shape index (κ2) is 6.18. The van der Waals surface area contributed by atoms with Gasteiger partial charge in [-0.15, -0.1) is 0 Å². The van der Waals surface area contributed by atoms with Crippen LogP contribution in [0.3, 0.4) is 0 Å². The van der Waals surface area contributed by atoms with Gasteiger partial charge in [0.1, 0.15) is 6.26 Å². The van der Waals surface area contributed by atoms with Crippen LogP contribution in [0.25, 0.3) is 0 Å². The van der Waals surface area contributed by atoms with Crippen molar-refractivity contribution in [2.24, 2.45) is 0 Å². The Balaban J connectivity index is 2.11. The molecule has 0 spiro atoms. The van der Waals surface area contributed by atoms with Gasteiger partial charge in [-0.05, 0) is 6.42 Å². The second-order valence-corrected chi connectivity index (χ2v) is 3.21. The first-order chi connectivity index (χ1) is 6.83. The molecule has 78 valence electrons. The van der Waals surface area contributed by atoms with Gasteiger partial charge in [-0.1, -0.05) is 19.8 Å². The molecule has 1 heterocycles. The second-order valence-electron chi connectivity index (χ2n) is 3.21. The van der Waals surface area contributed by atoms with E-state index in [9.17, 15) is 4.79 Å². The van der Waals surface area contributed by atoms with Crippen molar-refractivity contribution in [3.8, 4) is 0 Å². The van der Waals surface area contributed by atoms with Crippen molar-refractivity contribution >= 4 is 5.91 Å². The lowest BCUT2D eigenvalue weighted by molar-refractivity contribution is -0.120. The SMILES string of the molecule is CCCCCNC(=O)Cc1cocn1. The van der Waals surface area contributed by atoms with Crippen molar-refractivity contribution in [1.29, 1.82) is 0 Å². The number of nitrogens with one attached hydrogen (secondary N) is 1. The molecule has 0 aliphatic carbocycles. The smallest absolute Gasteiger partial charge is 0.226 e. The minimum atomic E-state index is 0.00926. The monoisotopic (exact) mass is 196 g/mol. The van der Waals surface area contributed by atoms with E-state index in [4.69, 9.17) is 4.42 Å². The van der Waals surface area contributed by atoms with E-state index in [1.807, 2.05) is 0 Å². The highest BCUT2D eigenvalue weighted by Crippen LogP contribution is 1.96. The fourth-order valence-corrected chi connectivity index (χ4v) is 1.15. The largest absolute Gasteiger partial charge is 0.451 e. The molecule has 1 aromatic rings. The van der Waals surface area contributed by atoms with Gasteiger partial charge in [0.25, 0.3) is 0 Å². The molecule has 0 fully saturated rings. The number of carbonyl (C=O) groups excluding carboxylic acids is 1. The number of amides is 1. The van der Waals surface area contributed by atoms with E-state index in [-0.39, 0.29) is 5.91 Å². The third-order valence-corrected chi connectivity index (χ3v) is 1.93. The number of hydrogen-bond acceptors (Lipinski definition) is 3. The lowest BCUT2D eigenvalue weighted by Crippen LogP contribution is -2.26. The Morgan fingerprint density at radius 1 is 1.57 bits per heavy atom. The van der Waals surface area contributed by atoms with Crippen LogP contribution >= 0.6 is 0 Å². The number of hydrogen-bond donors (Lipinski definition) is 1. The van der Waals surface area contributed by atoms with Crippen molar-refractivity contribution in [3.05, 3.63) is 18.4 Å². The fraction of sp³-hybridized carbons (Fsp3) is 0.600. The zero-order valence-electron chi connectivity index (χ0n) is 8.45. The van der Waals surface area contributed by atoms with Crippen LogP contribution in [0.4, 0.5) is 0 Å². The van der Waals surface area contributed by atoms with Crippen molar-refractivity contribution in [1.82, 2.24) is 10.3 Å². The van der Waals surface area contributed by atoms with Gasteiger partial charge in [-0.25, -0.2) is 4.98 Å². The molecule has 0 atom stereocenters. The van der Waals surface area contributed by atoms with Gasteiger partial charge in [0.15, 0.2) is 6.39 Å². The van der Waals surface area contributed by atoms with Crippen molar-refractivity contribution < 1.29 is 9.21 Å². The van der Waals surface area contributed by atoms with Gasteiger partial charge in [-0.2, -0.15) is 0 Å². The van der Waals surface area contributed by atoms with Crippen molar-refractivity contribution in [2.75, 3.05) is 6.54 Å². The Morgan fingerprint density at radius 2 is 2.43 bits per heavy atom. The predicted molar refractivity (Wildman–Crippen MR) is 52.7 cm³/mol. The van der Waals surface area contributed by atoms with E-state index >= 15 is 0 Å². The van der Waals surface area contributed by atoms with Crippen LogP contribution in [0.15, 0.2) is 17.1 Å². The molecule has 1 N–H and O–H groups in total.